The molecule has 15 heteroatoms. The van der Waals surface area contributed by atoms with Gasteiger partial charge in [0.1, 0.15) is 28.6 Å². The van der Waals surface area contributed by atoms with E-state index < -0.39 is 29.3 Å². The highest BCUT2D eigenvalue weighted by molar-refractivity contribution is 6.01. The van der Waals surface area contributed by atoms with Crippen LogP contribution in [0.25, 0.3) is 0 Å². The molecule has 2 heterocycles. The van der Waals surface area contributed by atoms with Crippen molar-refractivity contribution < 1.29 is 43.2 Å². The molecule has 0 unspecified atom stereocenters. The number of hydrogen-bond acceptors (Lipinski definition) is 11. The number of unbranched alkanes of at least 4 members (excludes halogenated alkanes) is 7. The summed E-state index contributed by atoms with van der Waals surface area (Å²) in [7, 11) is 3.23. The Balaban J connectivity index is 1.68. The average Bonchev–Trinajstić information content (AvgIpc) is 3.61. The molecule has 3 rings (SSSR count). The van der Waals surface area contributed by atoms with E-state index in [1.54, 1.807) is 55.8 Å². The molecule has 1 aliphatic heterocycles. The first kappa shape index (κ1) is 45.6. The number of guanidine groups is 1. The van der Waals surface area contributed by atoms with E-state index in [4.69, 9.17) is 33.8 Å². The molecule has 0 saturated carbocycles. The summed E-state index contributed by atoms with van der Waals surface area (Å²) in [6.07, 6.45) is 9.24. The highest BCUT2D eigenvalue weighted by Gasteiger charge is 2.38. The van der Waals surface area contributed by atoms with Gasteiger partial charge in [0.25, 0.3) is 0 Å². The van der Waals surface area contributed by atoms with Crippen LogP contribution in [-0.4, -0.2) is 91.0 Å². The summed E-state index contributed by atoms with van der Waals surface area (Å²) < 4.78 is 29.3. The van der Waals surface area contributed by atoms with Crippen LogP contribution in [-0.2, 0) is 25.5 Å². The smallest absolute Gasteiger partial charge is 0.414 e. The standard InChI is InChI=1S/C41H64N6O9/c1-40(2,3)55-38(50)45-36(46-39(51)56-41(4,5)6)42-23-15-17-26-54-35(49)34-31(19-14-12-10-9-11-13-16-25-48)44-37(47-24-18-20-32(34)47)43-28-29-21-22-30(52-7)27-33(29)53-8/h18,20-22,24,27,31,34,48H,9-17,19,23,25-26,28H2,1-8H3,(H,43,44)(H2,42,45,46,50,51)/t31-,34-/m1/s1. The maximum Gasteiger partial charge on any atom is 0.414 e. The van der Waals surface area contributed by atoms with E-state index in [-0.39, 0.29) is 37.7 Å². The van der Waals surface area contributed by atoms with Crippen molar-refractivity contribution >= 4 is 30.1 Å². The lowest BCUT2D eigenvalue weighted by molar-refractivity contribution is -0.146. The van der Waals surface area contributed by atoms with E-state index >= 15 is 0 Å². The zero-order chi connectivity index (χ0) is 41.1. The quantitative estimate of drug-likeness (QED) is 0.0388. The van der Waals surface area contributed by atoms with Gasteiger partial charge in [-0.05, 0) is 91.5 Å². The Bertz CT molecular complexity index is 1580. The third-order valence-corrected chi connectivity index (χ3v) is 8.67. The first-order valence-electron chi connectivity index (χ1n) is 19.7. The van der Waals surface area contributed by atoms with Crippen LogP contribution in [0.1, 0.15) is 123 Å². The Morgan fingerprint density at radius 1 is 0.839 bits per heavy atom. The monoisotopic (exact) mass is 784 g/mol. The van der Waals surface area contributed by atoms with E-state index in [1.807, 2.05) is 41.1 Å². The summed E-state index contributed by atoms with van der Waals surface area (Å²) in [5.74, 6) is 1.04. The number of carbonyl (C=O) groups is 3. The third-order valence-electron chi connectivity index (χ3n) is 8.67. The van der Waals surface area contributed by atoms with E-state index in [1.165, 1.54) is 0 Å². The van der Waals surface area contributed by atoms with Gasteiger partial charge < -0.3 is 34.1 Å². The molecular formula is C41H64N6O9. The highest BCUT2D eigenvalue weighted by atomic mass is 16.6. The predicted octanol–water partition coefficient (Wildman–Crippen LogP) is 6.81. The van der Waals surface area contributed by atoms with Gasteiger partial charge in [-0.15, -0.1) is 0 Å². The second-order valence-electron chi connectivity index (χ2n) is 15.7. The summed E-state index contributed by atoms with van der Waals surface area (Å²) in [6, 6.07) is 9.25. The van der Waals surface area contributed by atoms with Gasteiger partial charge in [0.15, 0.2) is 0 Å². The maximum atomic E-state index is 13.8. The molecule has 0 bridgehead atoms. The molecule has 0 fully saturated rings. The Hall–Kier alpha value is -4.79. The van der Waals surface area contributed by atoms with Crippen molar-refractivity contribution in [3.8, 4) is 11.5 Å². The van der Waals surface area contributed by atoms with Crippen LogP contribution in [0.5, 0.6) is 11.5 Å². The molecule has 1 aliphatic rings. The van der Waals surface area contributed by atoms with Crippen LogP contribution >= 0.6 is 0 Å². The number of nitrogens with one attached hydrogen (secondary N) is 3. The van der Waals surface area contributed by atoms with Gasteiger partial charge in [0.05, 0.1) is 27.4 Å². The summed E-state index contributed by atoms with van der Waals surface area (Å²) in [5.41, 5.74) is 0.201. The van der Waals surface area contributed by atoms with Gasteiger partial charge >= 0.3 is 18.2 Å². The maximum absolute atomic E-state index is 13.8. The average molecular weight is 785 g/mol. The number of benzene rings is 1. The van der Waals surface area contributed by atoms with Crippen molar-refractivity contribution in [3.05, 3.63) is 47.8 Å². The van der Waals surface area contributed by atoms with Gasteiger partial charge in [-0.1, -0.05) is 38.5 Å². The lowest BCUT2D eigenvalue weighted by atomic mass is 9.90. The fourth-order valence-electron chi connectivity index (χ4n) is 6.09. The number of esters is 1. The minimum atomic E-state index is -0.770. The topological polar surface area (TPSA) is 183 Å². The summed E-state index contributed by atoms with van der Waals surface area (Å²) in [6.45, 7) is 11.4. The first-order chi connectivity index (χ1) is 26.6. The number of alkyl carbamates (subject to hydrolysis) is 2. The normalized spacial score (nSPS) is 15.9. The van der Waals surface area contributed by atoms with Crippen molar-refractivity contribution in [3.63, 3.8) is 0 Å². The van der Waals surface area contributed by atoms with Crippen molar-refractivity contribution in [2.45, 2.75) is 135 Å². The number of amides is 2. The second-order valence-corrected chi connectivity index (χ2v) is 15.7. The number of aliphatic imine (C=N–C) groups is 2. The summed E-state index contributed by atoms with van der Waals surface area (Å²) >= 11 is 0. The number of hydrogen-bond donors (Lipinski definition) is 4. The van der Waals surface area contributed by atoms with Crippen LogP contribution in [0, 0.1) is 0 Å². The zero-order valence-corrected chi connectivity index (χ0v) is 34.6. The number of aromatic nitrogens is 1. The van der Waals surface area contributed by atoms with E-state index in [0.717, 1.165) is 62.6 Å². The van der Waals surface area contributed by atoms with Crippen LogP contribution in [0.2, 0.25) is 0 Å². The van der Waals surface area contributed by atoms with Crippen LogP contribution in [0.15, 0.2) is 46.5 Å². The molecule has 1 aromatic carbocycles. The molecular weight excluding hydrogens is 720 g/mol. The lowest BCUT2D eigenvalue weighted by Gasteiger charge is -2.34. The van der Waals surface area contributed by atoms with Crippen LogP contribution in [0.3, 0.4) is 0 Å². The number of fused-ring (bicyclic) bond motifs is 1. The number of rotatable bonds is 19. The van der Waals surface area contributed by atoms with Crippen molar-refractivity contribution in [1.29, 1.82) is 0 Å². The molecule has 0 radical (unpaired) electrons. The predicted molar refractivity (Wildman–Crippen MR) is 215 cm³/mol. The zero-order valence-electron chi connectivity index (χ0n) is 34.6. The molecule has 4 N–H and O–H groups in total. The van der Waals surface area contributed by atoms with Crippen LogP contribution in [0.4, 0.5) is 9.59 Å². The van der Waals surface area contributed by atoms with Gasteiger partial charge in [0, 0.05) is 42.7 Å². The van der Waals surface area contributed by atoms with E-state index in [0.29, 0.717) is 36.8 Å². The van der Waals surface area contributed by atoms with Crippen molar-refractivity contribution in [2.75, 3.05) is 34.0 Å². The fraction of sp³-hybridized carbons (Fsp3) is 0.634. The van der Waals surface area contributed by atoms with Gasteiger partial charge in [-0.2, -0.15) is 0 Å². The minimum Gasteiger partial charge on any atom is -0.497 e. The van der Waals surface area contributed by atoms with Gasteiger partial charge in [0.2, 0.25) is 11.9 Å². The molecule has 2 atom stereocenters. The number of nitrogens with zero attached hydrogens (tertiary/aromatic N) is 3. The molecule has 312 valence electrons. The second kappa shape index (κ2) is 22.7. The number of methoxy groups -OCH3 is 2. The van der Waals surface area contributed by atoms with Crippen molar-refractivity contribution in [2.24, 2.45) is 9.98 Å². The first-order valence-corrected chi connectivity index (χ1v) is 19.7. The Kier molecular flexibility index (Phi) is 18.5. The number of aliphatic hydroxyl groups is 1. The van der Waals surface area contributed by atoms with Crippen LogP contribution < -0.4 is 25.4 Å². The molecule has 2 aromatic rings. The van der Waals surface area contributed by atoms with Crippen molar-refractivity contribution in [1.82, 2.24) is 20.5 Å². The molecule has 1 aromatic heterocycles. The number of aliphatic hydroxyl groups excluding tert-OH is 1. The Morgan fingerprint density at radius 2 is 1.48 bits per heavy atom. The largest absolute Gasteiger partial charge is 0.497 e. The molecule has 56 heavy (non-hydrogen) atoms. The van der Waals surface area contributed by atoms with E-state index in [2.05, 4.69) is 20.9 Å². The Morgan fingerprint density at radius 3 is 2.09 bits per heavy atom. The number of ether oxygens (including phenoxy) is 5. The SMILES string of the molecule is COc1ccc(CN=C2N[C@H](CCCCCCCCCO)[C@@H](C(=O)OCCCCN=C(NC(=O)OC(C)(C)C)NC(=O)OC(C)(C)C)c3cccn32)c(OC)c1. The van der Waals surface area contributed by atoms with Gasteiger partial charge in [-0.3, -0.25) is 25.0 Å². The number of carbonyl (C=O) groups excluding carboxylic acids is 3. The highest BCUT2D eigenvalue weighted by Crippen LogP contribution is 2.31. The Labute approximate surface area is 332 Å². The fourth-order valence-corrected chi connectivity index (χ4v) is 6.09. The molecule has 2 amide bonds. The van der Waals surface area contributed by atoms with Gasteiger partial charge in [-0.25, -0.2) is 14.6 Å². The minimum absolute atomic E-state index is 0.101. The summed E-state index contributed by atoms with van der Waals surface area (Å²) in [5, 5.41) is 17.6. The molecule has 15 nitrogen and oxygen atoms in total. The molecule has 0 spiro atoms. The molecule has 0 saturated heterocycles. The molecule has 0 aliphatic carbocycles. The summed E-state index contributed by atoms with van der Waals surface area (Å²) in [4.78, 5) is 47.9. The third kappa shape index (κ3) is 16.1. The lowest BCUT2D eigenvalue weighted by Crippen LogP contribution is -2.50. The van der Waals surface area contributed by atoms with E-state index in [9.17, 15) is 14.4 Å².